The summed E-state index contributed by atoms with van der Waals surface area (Å²) < 4.78 is 5.78. The Morgan fingerprint density at radius 1 is 1.62 bits per heavy atom. The van der Waals surface area contributed by atoms with Gasteiger partial charge in [-0.1, -0.05) is 13.0 Å². The lowest BCUT2D eigenvalue weighted by molar-refractivity contribution is 0.00190. The average Bonchev–Trinajstić information content (AvgIpc) is 2.66. The van der Waals surface area contributed by atoms with Gasteiger partial charge >= 0.3 is 0 Å². The van der Waals surface area contributed by atoms with E-state index in [0.717, 1.165) is 6.42 Å². The highest BCUT2D eigenvalue weighted by Crippen LogP contribution is 2.23. The van der Waals surface area contributed by atoms with Crippen LogP contribution in [-0.2, 0) is 4.74 Å². The predicted molar refractivity (Wildman–Crippen MR) is 57.0 cm³/mol. The second kappa shape index (κ2) is 5.37. The average molecular weight is 199 g/mol. The summed E-state index contributed by atoms with van der Waals surface area (Å²) in [6, 6.07) is 4.10. The van der Waals surface area contributed by atoms with Gasteiger partial charge in [0.2, 0.25) is 0 Å². The molecule has 1 rings (SSSR count). The zero-order chi connectivity index (χ0) is 9.68. The van der Waals surface area contributed by atoms with Crippen LogP contribution in [0.3, 0.4) is 0 Å². The number of thiophene rings is 1. The van der Waals surface area contributed by atoms with Crippen LogP contribution in [-0.4, -0.2) is 12.6 Å². The van der Waals surface area contributed by atoms with E-state index in [1.165, 1.54) is 4.88 Å². The molecule has 0 amide bonds. The SMILES string of the molecule is CCC(C)OC(CN)c1cccs1. The van der Waals surface area contributed by atoms with Crippen LogP contribution >= 0.6 is 11.3 Å². The molecule has 1 aromatic rings. The van der Waals surface area contributed by atoms with Crippen LogP contribution in [0.2, 0.25) is 0 Å². The van der Waals surface area contributed by atoms with Crippen LogP contribution in [0.25, 0.3) is 0 Å². The molecule has 0 aliphatic carbocycles. The maximum atomic E-state index is 5.78. The van der Waals surface area contributed by atoms with Gasteiger partial charge in [0.25, 0.3) is 0 Å². The molecule has 13 heavy (non-hydrogen) atoms. The van der Waals surface area contributed by atoms with E-state index in [4.69, 9.17) is 10.5 Å². The first-order valence-electron chi connectivity index (χ1n) is 4.66. The molecule has 2 unspecified atom stereocenters. The van der Waals surface area contributed by atoms with Crippen molar-refractivity contribution in [2.24, 2.45) is 5.73 Å². The van der Waals surface area contributed by atoms with Gasteiger partial charge in [0, 0.05) is 11.4 Å². The highest BCUT2D eigenvalue weighted by Gasteiger charge is 2.13. The fraction of sp³-hybridized carbons (Fsp3) is 0.600. The first kappa shape index (κ1) is 10.7. The molecule has 0 saturated carbocycles. The molecule has 2 N–H and O–H groups in total. The van der Waals surface area contributed by atoms with Gasteiger partial charge in [0.15, 0.2) is 0 Å². The number of hydrogen-bond acceptors (Lipinski definition) is 3. The Bertz CT molecular complexity index is 223. The van der Waals surface area contributed by atoms with Gasteiger partial charge < -0.3 is 10.5 Å². The summed E-state index contributed by atoms with van der Waals surface area (Å²) in [6.45, 7) is 4.76. The number of hydrogen-bond donors (Lipinski definition) is 1. The third-order valence-electron chi connectivity index (χ3n) is 2.05. The fourth-order valence-electron chi connectivity index (χ4n) is 1.09. The molecular formula is C10H17NOS. The third-order valence-corrected chi connectivity index (χ3v) is 3.01. The minimum atomic E-state index is 0.0787. The van der Waals surface area contributed by atoms with Crippen LogP contribution in [0.4, 0.5) is 0 Å². The molecule has 0 bridgehead atoms. The number of nitrogens with two attached hydrogens (primary N) is 1. The van der Waals surface area contributed by atoms with Crippen molar-refractivity contribution in [3.05, 3.63) is 22.4 Å². The van der Waals surface area contributed by atoms with Crippen molar-refractivity contribution in [3.8, 4) is 0 Å². The first-order valence-corrected chi connectivity index (χ1v) is 5.54. The van der Waals surface area contributed by atoms with Gasteiger partial charge in [-0.3, -0.25) is 0 Å². The molecule has 74 valence electrons. The molecule has 2 atom stereocenters. The first-order chi connectivity index (χ1) is 6.27. The van der Waals surface area contributed by atoms with E-state index < -0.39 is 0 Å². The zero-order valence-corrected chi connectivity index (χ0v) is 9.01. The molecule has 0 fully saturated rings. The molecule has 0 spiro atoms. The smallest absolute Gasteiger partial charge is 0.104 e. The summed E-state index contributed by atoms with van der Waals surface area (Å²) in [6.07, 6.45) is 1.40. The van der Waals surface area contributed by atoms with E-state index in [9.17, 15) is 0 Å². The molecular weight excluding hydrogens is 182 g/mol. The topological polar surface area (TPSA) is 35.2 Å². The Labute approximate surface area is 83.7 Å². The van der Waals surface area contributed by atoms with Gasteiger partial charge in [-0.2, -0.15) is 0 Å². The van der Waals surface area contributed by atoms with Crippen molar-refractivity contribution in [3.63, 3.8) is 0 Å². The van der Waals surface area contributed by atoms with Crippen LogP contribution in [0, 0.1) is 0 Å². The molecule has 0 saturated heterocycles. The molecule has 0 aromatic carbocycles. The predicted octanol–water partition coefficient (Wildman–Crippen LogP) is 2.56. The van der Waals surface area contributed by atoms with Crippen molar-refractivity contribution in [1.82, 2.24) is 0 Å². The highest BCUT2D eigenvalue weighted by molar-refractivity contribution is 7.10. The summed E-state index contributed by atoms with van der Waals surface area (Å²) in [7, 11) is 0. The monoisotopic (exact) mass is 199 g/mol. The lowest BCUT2D eigenvalue weighted by atomic mass is 10.2. The minimum Gasteiger partial charge on any atom is -0.368 e. The molecule has 0 aliphatic rings. The van der Waals surface area contributed by atoms with Crippen molar-refractivity contribution in [2.75, 3.05) is 6.54 Å². The van der Waals surface area contributed by atoms with Gasteiger partial charge in [-0.25, -0.2) is 0 Å². The van der Waals surface area contributed by atoms with Crippen LogP contribution < -0.4 is 5.73 Å². The lowest BCUT2D eigenvalue weighted by Gasteiger charge is -2.19. The Morgan fingerprint density at radius 3 is 2.85 bits per heavy atom. The molecule has 2 nitrogen and oxygen atoms in total. The normalized spacial score (nSPS) is 15.6. The molecule has 1 aromatic heterocycles. The largest absolute Gasteiger partial charge is 0.368 e. The van der Waals surface area contributed by atoms with Gasteiger partial charge in [-0.15, -0.1) is 11.3 Å². The maximum Gasteiger partial charge on any atom is 0.104 e. The van der Waals surface area contributed by atoms with Gasteiger partial charge in [0.05, 0.1) is 6.10 Å². The van der Waals surface area contributed by atoms with Gasteiger partial charge in [-0.05, 0) is 24.8 Å². The Morgan fingerprint density at radius 2 is 2.38 bits per heavy atom. The molecule has 1 heterocycles. The third kappa shape index (κ3) is 3.10. The molecule has 0 radical (unpaired) electrons. The Kier molecular flexibility index (Phi) is 4.42. The summed E-state index contributed by atoms with van der Waals surface area (Å²) >= 11 is 1.70. The Hall–Kier alpha value is -0.380. The van der Waals surface area contributed by atoms with E-state index in [2.05, 4.69) is 25.3 Å². The van der Waals surface area contributed by atoms with Crippen molar-refractivity contribution in [2.45, 2.75) is 32.5 Å². The molecule has 3 heteroatoms. The molecule has 0 aliphatic heterocycles. The fourth-order valence-corrected chi connectivity index (χ4v) is 1.86. The second-order valence-corrected chi connectivity index (χ2v) is 4.07. The lowest BCUT2D eigenvalue weighted by Crippen LogP contribution is -2.19. The maximum absolute atomic E-state index is 5.78. The van der Waals surface area contributed by atoms with Crippen LogP contribution in [0.15, 0.2) is 17.5 Å². The second-order valence-electron chi connectivity index (χ2n) is 3.09. The quantitative estimate of drug-likeness (QED) is 0.791. The standard InChI is InChI=1S/C10H17NOS/c1-3-8(2)12-9(7-11)10-5-4-6-13-10/h4-6,8-9H,3,7,11H2,1-2H3. The van der Waals surface area contributed by atoms with E-state index in [1.807, 2.05) is 6.07 Å². The summed E-state index contributed by atoms with van der Waals surface area (Å²) in [4.78, 5) is 1.22. The van der Waals surface area contributed by atoms with E-state index in [-0.39, 0.29) is 12.2 Å². The summed E-state index contributed by atoms with van der Waals surface area (Å²) in [5.41, 5.74) is 5.65. The number of rotatable bonds is 5. The Balaban J connectivity index is 2.53. The summed E-state index contributed by atoms with van der Waals surface area (Å²) in [5.74, 6) is 0. The van der Waals surface area contributed by atoms with Crippen molar-refractivity contribution < 1.29 is 4.74 Å². The number of ether oxygens (including phenoxy) is 1. The van der Waals surface area contributed by atoms with E-state index >= 15 is 0 Å². The van der Waals surface area contributed by atoms with Crippen molar-refractivity contribution in [1.29, 1.82) is 0 Å². The van der Waals surface area contributed by atoms with Crippen LogP contribution in [0.1, 0.15) is 31.2 Å². The van der Waals surface area contributed by atoms with E-state index in [0.29, 0.717) is 6.54 Å². The van der Waals surface area contributed by atoms with Crippen molar-refractivity contribution >= 4 is 11.3 Å². The highest BCUT2D eigenvalue weighted by atomic mass is 32.1. The van der Waals surface area contributed by atoms with Crippen LogP contribution in [0.5, 0.6) is 0 Å². The summed E-state index contributed by atoms with van der Waals surface area (Å²) in [5, 5.41) is 2.05. The van der Waals surface area contributed by atoms with Gasteiger partial charge in [0.1, 0.15) is 6.10 Å². The van der Waals surface area contributed by atoms with E-state index in [1.54, 1.807) is 11.3 Å². The minimum absolute atomic E-state index is 0.0787. The zero-order valence-electron chi connectivity index (χ0n) is 8.19.